The Hall–Kier alpha value is -2.14. The number of alkyl halides is 3. The van der Waals surface area contributed by atoms with E-state index in [0.717, 1.165) is 24.3 Å². The first kappa shape index (κ1) is 23.5. The van der Waals surface area contributed by atoms with Crippen molar-refractivity contribution in [3.05, 3.63) is 59.7 Å². The lowest BCUT2D eigenvalue weighted by Gasteiger charge is -2.41. The number of halogens is 3. The van der Waals surface area contributed by atoms with E-state index in [-0.39, 0.29) is 11.0 Å². The predicted octanol–water partition coefficient (Wildman–Crippen LogP) is 3.38. The Morgan fingerprint density at radius 1 is 1.06 bits per heavy atom. The molecule has 0 unspecified atom stereocenters. The normalized spacial score (nSPS) is 17.4. The van der Waals surface area contributed by atoms with Crippen LogP contribution < -0.4 is 10.2 Å². The Balaban J connectivity index is 0.000000210. The second kappa shape index (κ2) is 9.56. The molecule has 10 heteroatoms. The van der Waals surface area contributed by atoms with Crippen LogP contribution in [0, 0.1) is 6.92 Å². The van der Waals surface area contributed by atoms with E-state index in [1.165, 1.54) is 17.7 Å². The minimum absolute atomic E-state index is 0.0666. The molecule has 2 saturated heterocycles. The summed E-state index contributed by atoms with van der Waals surface area (Å²) in [5, 5.41) is 3.23. The lowest BCUT2D eigenvalue weighted by Crippen LogP contribution is -2.53. The number of nitrogens with one attached hydrogen (secondary N) is 1. The van der Waals surface area contributed by atoms with Gasteiger partial charge < -0.3 is 15.0 Å². The lowest BCUT2D eigenvalue weighted by atomic mass is 9.93. The number of nitrogens with zero attached hydrogens (tertiary/aromatic N) is 1. The lowest BCUT2D eigenvalue weighted by molar-refractivity contribution is -0.187. The monoisotopic (exact) mass is 458 g/mol. The molecule has 0 saturated carbocycles. The van der Waals surface area contributed by atoms with E-state index >= 15 is 0 Å². The largest absolute Gasteiger partial charge is 0.411 e. The van der Waals surface area contributed by atoms with Crippen LogP contribution in [0.3, 0.4) is 0 Å². The molecule has 31 heavy (non-hydrogen) atoms. The fourth-order valence-corrected chi connectivity index (χ4v) is 3.64. The van der Waals surface area contributed by atoms with E-state index in [2.05, 4.69) is 17.4 Å². The van der Waals surface area contributed by atoms with E-state index in [1.807, 2.05) is 24.0 Å². The maximum atomic E-state index is 12.0. The van der Waals surface area contributed by atoms with Gasteiger partial charge in [0.25, 0.3) is 10.1 Å². The molecule has 2 aromatic carbocycles. The van der Waals surface area contributed by atoms with Gasteiger partial charge in [-0.2, -0.15) is 21.6 Å². The maximum Gasteiger partial charge on any atom is 0.411 e. The number of benzene rings is 2. The van der Waals surface area contributed by atoms with Crippen LogP contribution >= 0.6 is 0 Å². The molecule has 2 fully saturated rings. The zero-order chi connectivity index (χ0) is 22.6. The summed E-state index contributed by atoms with van der Waals surface area (Å²) in [4.78, 5) is 1.97. The third-order valence-electron chi connectivity index (χ3n) is 5.16. The van der Waals surface area contributed by atoms with Crippen LogP contribution in [-0.4, -0.2) is 58.0 Å². The Labute approximate surface area is 179 Å². The highest BCUT2D eigenvalue weighted by atomic mass is 32.2. The van der Waals surface area contributed by atoms with Crippen LogP contribution in [0.25, 0.3) is 0 Å². The quantitative estimate of drug-likeness (QED) is 0.669. The second-order valence-electron chi connectivity index (χ2n) is 7.69. The fraction of sp³-hybridized carbons (Fsp3) is 0.429. The Kier molecular flexibility index (Phi) is 7.25. The van der Waals surface area contributed by atoms with E-state index in [0.29, 0.717) is 19.0 Å². The molecule has 4 rings (SSSR count). The number of aryl methyl sites for hydroxylation is 1. The SMILES string of the molecule is Cc1ccc(S(=O)(=O)O)cc1.FC(F)(F)COC1CN(c2ccc(C3CNC3)cc2)C1. The van der Waals surface area contributed by atoms with Gasteiger partial charge in [0.1, 0.15) is 6.61 Å². The molecular weight excluding hydrogens is 433 g/mol. The summed E-state index contributed by atoms with van der Waals surface area (Å²) >= 11 is 0. The molecule has 0 amide bonds. The van der Waals surface area contributed by atoms with Crippen LogP contribution in [-0.2, 0) is 14.9 Å². The van der Waals surface area contributed by atoms with Crippen LogP contribution in [0.2, 0.25) is 0 Å². The molecule has 2 aromatic rings. The molecule has 2 N–H and O–H groups in total. The van der Waals surface area contributed by atoms with Crippen molar-refractivity contribution in [3.63, 3.8) is 0 Å². The van der Waals surface area contributed by atoms with Crippen LogP contribution in [0.1, 0.15) is 17.0 Å². The first-order valence-electron chi connectivity index (χ1n) is 9.79. The molecule has 2 heterocycles. The molecule has 0 spiro atoms. The highest BCUT2D eigenvalue weighted by Gasteiger charge is 2.34. The van der Waals surface area contributed by atoms with Gasteiger partial charge in [-0.3, -0.25) is 4.55 Å². The van der Waals surface area contributed by atoms with Crippen LogP contribution in [0.4, 0.5) is 18.9 Å². The number of hydrogen-bond acceptors (Lipinski definition) is 5. The van der Waals surface area contributed by atoms with Gasteiger partial charge in [-0.05, 0) is 36.8 Å². The summed E-state index contributed by atoms with van der Waals surface area (Å²) < 4.78 is 70.4. The highest BCUT2D eigenvalue weighted by molar-refractivity contribution is 7.85. The summed E-state index contributed by atoms with van der Waals surface area (Å²) in [5.74, 6) is 0.600. The molecule has 0 bridgehead atoms. The third kappa shape index (κ3) is 6.93. The standard InChI is InChI=1S/C14H17F3N2O.C7H8O3S/c15-14(16,17)9-20-13-7-19(8-13)12-3-1-10(2-4-12)11-5-18-6-11;1-6-2-4-7(5-3-6)11(8,9)10/h1-4,11,13,18H,5-9H2;2-5H,1H3,(H,8,9,10). The summed E-state index contributed by atoms with van der Waals surface area (Å²) in [6, 6.07) is 14.3. The number of ether oxygens (including phenoxy) is 1. The van der Waals surface area contributed by atoms with Crippen LogP contribution in [0.5, 0.6) is 0 Å². The van der Waals surface area contributed by atoms with E-state index in [1.54, 1.807) is 12.1 Å². The third-order valence-corrected chi connectivity index (χ3v) is 6.03. The van der Waals surface area contributed by atoms with E-state index < -0.39 is 22.9 Å². The van der Waals surface area contributed by atoms with Crippen molar-refractivity contribution in [2.45, 2.75) is 30.0 Å². The van der Waals surface area contributed by atoms with Gasteiger partial charge in [0, 0.05) is 37.8 Å². The zero-order valence-electron chi connectivity index (χ0n) is 17.0. The Morgan fingerprint density at radius 2 is 1.65 bits per heavy atom. The predicted molar refractivity (Wildman–Crippen MR) is 111 cm³/mol. The van der Waals surface area contributed by atoms with Gasteiger partial charge in [-0.25, -0.2) is 0 Å². The first-order chi connectivity index (χ1) is 14.5. The number of rotatable bonds is 5. The van der Waals surface area contributed by atoms with Crippen molar-refractivity contribution < 1.29 is 30.9 Å². The topological polar surface area (TPSA) is 78.9 Å². The molecular formula is C21H25F3N2O4S. The molecule has 0 aliphatic carbocycles. The van der Waals surface area contributed by atoms with Crippen molar-refractivity contribution in [1.82, 2.24) is 5.32 Å². The minimum Gasteiger partial charge on any atom is -0.366 e. The highest BCUT2D eigenvalue weighted by Crippen LogP contribution is 2.27. The molecule has 6 nitrogen and oxygen atoms in total. The van der Waals surface area contributed by atoms with Crippen molar-refractivity contribution in [2.24, 2.45) is 0 Å². The van der Waals surface area contributed by atoms with Gasteiger partial charge in [0.15, 0.2) is 0 Å². The molecule has 0 aromatic heterocycles. The fourth-order valence-electron chi connectivity index (χ4n) is 3.16. The van der Waals surface area contributed by atoms with E-state index in [9.17, 15) is 21.6 Å². The Morgan fingerprint density at radius 3 is 2.10 bits per heavy atom. The zero-order valence-corrected chi connectivity index (χ0v) is 17.8. The maximum absolute atomic E-state index is 12.0. The van der Waals surface area contributed by atoms with Gasteiger partial charge in [0.2, 0.25) is 0 Å². The van der Waals surface area contributed by atoms with E-state index in [4.69, 9.17) is 9.29 Å². The van der Waals surface area contributed by atoms with Crippen molar-refractivity contribution in [3.8, 4) is 0 Å². The summed E-state index contributed by atoms with van der Waals surface area (Å²) in [6.45, 7) is 3.79. The van der Waals surface area contributed by atoms with Crippen molar-refractivity contribution in [1.29, 1.82) is 0 Å². The molecule has 2 aliphatic heterocycles. The van der Waals surface area contributed by atoms with Gasteiger partial charge >= 0.3 is 6.18 Å². The average molecular weight is 459 g/mol. The smallest absolute Gasteiger partial charge is 0.366 e. The molecule has 0 radical (unpaired) electrons. The number of hydrogen-bond donors (Lipinski definition) is 2. The molecule has 0 atom stereocenters. The van der Waals surface area contributed by atoms with Crippen LogP contribution in [0.15, 0.2) is 53.4 Å². The van der Waals surface area contributed by atoms with Crippen molar-refractivity contribution >= 4 is 15.8 Å². The summed E-state index contributed by atoms with van der Waals surface area (Å²) in [5.41, 5.74) is 3.32. The van der Waals surface area contributed by atoms with Crippen molar-refractivity contribution in [2.75, 3.05) is 37.7 Å². The molecule has 2 aliphatic rings. The first-order valence-corrected chi connectivity index (χ1v) is 11.2. The summed E-state index contributed by atoms with van der Waals surface area (Å²) in [7, 11) is -4.02. The Bertz CT molecular complexity index is 954. The average Bonchev–Trinajstić information content (AvgIpc) is 2.59. The number of anilines is 1. The minimum atomic E-state index is -4.24. The van der Waals surface area contributed by atoms with Gasteiger partial charge in [0.05, 0.1) is 11.0 Å². The second-order valence-corrected chi connectivity index (χ2v) is 9.11. The molecule has 170 valence electrons. The summed E-state index contributed by atoms with van der Waals surface area (Å²) in [6.07, 6.45) is -4.55. The van der Waals surface area contributed by atoms with Gasteiger partial charge in [-0.1, -0.05) is 29.8 Å². The van der Waals surface area contributed by atoms with Gasteiger partial charge in [-0.15, -0.1) is 0 Å².